The minimum Gasteiger partial charge on any atom is -0.311 e. The summed E-state index contributed by atoms with van der Waals surface area (Å²) < 4.78 is 11.6. The van der Waals surface area contributed by atoms with Crippen LogP contribution in [0.25, 0.3) is 0 Å². The van der Waals surface area contributed by atoms with Gasteiger partial charge in [0.15, 0.2) is 0 Å². The van der Waals surface area contributed by atoms with Crippen LogP contribution in [0.2, 0.25) is 0 Å². The number of hydrogen-bond donors (Lipinski definition) is 2. The fourth-order valence-corrected chi connectivity index (χ4v) is 0.798. The molecule has 0 aliphatic carbocycles. The van der Waals surface area contributed by atoms with E-state index in [-0.39, 0.29) is 6.67 Å². The molecule has 11 heavy (non-hydrogen) atoms. The third-order valence-corrected chi connectivity index (χ3v) is 1.36. The zero-order valence-corrected chi connectivity index (χ0v) is 6.31. The summed E-state index contributed by atoms with van der Waals surface area (Å²) in [4.78, 5) is 0. The summed E-state index contributed by atoms with van der Waals surface area (Å²) in [6.45, 7) is 1.20. The third-order valence-electron chi connectivity index (χ3n) is 1.36. The molecular weight excluding hydrogens is 145 g/mol. The third kappa shape index (κ3) is 3.13. The van der Waals surface area contributed by atoms with E-state index in [1.807, 2.05) is 6.07 Å². The number of nitrogens with one attached hydrogen (secondary N) is 2. The summed E-state index contributed by atoms with van der Waals surface area (Å²) in [6.07, 6.45) is 2.28. The van der Waals surface area contributed by atoms with E-state index < -0.39 is 0 Å². The number of hydrogen-bond acceptors (Lipinski definition) is 2. The Bertz CT molecular complexity index is 174. The molecule has 1 aromatic rings. The average molecular weight is 157 g/mol. The van der Waals surface area contributed by atoms with Crippen molar-refractivity contribution in [3.63, 3.8) is 0 Å². The lowest BCUT2D eigenvalue weighted by molar-refractivity contribution is 0.458. The zero-order valence-electron chi connectivity index (χ0n) is 6.31. The molecule has 0 fully saturated rings. The molecule has 0 bridgehead atoms. The lowest BCUT2D eigenvalue weighted by atomic mass is 10.4. The number of aromatic amines is 1. The molecule has 0 radical (unpaired) electrons. The quantitative estimate of drug-likeness (QED) is 0.622. The van der Waals surface area contributed by atoms with Crippen LogP contribution in [0.3, 0.4) is 0 Å². The van der Waals surface area contributed by atoms with Gasteiger partial charge in [-0.25, -0.2) is 0 Å². The summed E-state index contributed by atoms with van der Waals surface area (Å²) >= 11 is 0. The maximum absolute atomic E-state index is 11.6. The molecule has 1 heterocycles. The van der Waals surface area contributed by atoms with Crippen LogP contribution >= 0.6 is 0 Å². The Morgan fingerprint density at radius 2 is 2.55 bits per heavy atom. The maximum atomic E-state index is 11.6. The first-order chi connectivity index (χ1) is 5.43. The normalized spacial score (nSPS) is 10.3. The molecule has 0 saturated heterocycles. The van der Waals surface area contributed by atoms with Gasteiger partial charge in [0.2, 0.25) is 0 Å². The molecule has 0 unspecified atom stereocenters. The molecule has 1 rings (SSSR count). The molecule has 0 spiro atoms. The highest BCUT2D eigenvalue weighted by atomic mass is 19.1. The van der Waals surface area contributed by atoms with Crippen LogP contribution < -0.4 is 5.32 Å². The van der Waals surface area contributed by atoms with E-state index >= 15 is 0 Å². The topological polar surface area (TPSA) is 40.7 Å². The first-order valence-corrected chi connectivity index (χ1v) is 3.68. The lowest BCUT2D eigenvalue weighted by Crippen LogP contribution is -2.15. The number of halogens is 1. The van der Waals surface area contributed by atoms with E-state index in [9.17, 15) is 4.39 Å². The molecule has 0 saturated carbocycles. The van der Waals surface area contributed by atoms with Gasteiger partial charge in [0.25, 0.3) is 0 Å². The highest BCUT2D eigenvalue weighted by molar-refractivity contribution is 4.96. The highest BCUT2D eigenvalue weighted by Crippen LogP contribution is 1.89. The number of nitrogens with zero attached hydrogens (tertiary/aromatic N) is 1. The van der Waals surface area contributed by atoms with Crippen molar-refractivity contribution in [1.29, 1.82) is 0 Å². The van der Waals surface area contributed by atoms with Gasteiger partial charge in [-0.1, -0.05) is 0 Å². The van der Waals surface area contributed by atoms with Crippen LogP contribution in [0.5, 0.6) is 0 Å². The smallest absolute Gasteiger partial charge is 0.0906 e. The Morgan fingerprint density at radius 3 is 3.18 bits per heavy atom. The Morgan fingerprint density at radius 1 is 1.64 bits per heavy atom. The fraction of sp³-hybridized carbons (Fsp3) is 0.571. The van der Waals surface area contributed by atoms with Gasteiger partial charge in [-0.05, 0) is 19.0 Å². The largest absolute Gasteiger partial charge is 0.311 e. The van der Waals surface area contributed by atoms with Crippen molar-refractivity contribution in [1.82, 2.24) is 15.5 Å². The molecule has 4 heteroatoms. The molecular formula is C7H12FN3. The van der Waals surface area contributed by atoms with Crippen LogP contribution in [0, 0.1) is 0 Å². The first kappa shape index (κ1) is 8.20. The molecule has 1 aromatic heterocycles. The molecule has 62 valence electrons. The van der Waals surface area contributed by atoms with Gasteiger partial charge in [-0.15, -0.1) is 0 Å². The van der Waals surface area contributed by atoms with Gasteiger partial charge < -0.3 is 5.32 Å². The SMILES string of the molecule is FCCCNCc1ccn[nH]1. The van der Waals surface area contributed by atoms with E-state index in [1.54, 1.807) is 6.20 Å². The van der Waals surface area contributed by atoms with Crippen molar-refractivity contribution in [3.8, 4) is 0 Å². The summed E-state index contributed by atoms with van der Waals surface area (Å²) in [5, 5.41) is 9.67. The Labute approximate surface area is 65.0 Å². The summed E-state index contributed by atoms with van der Waals surface area (Å²) in [5.41, 5.74) is 1.03. The van der Waals surface area contributed by atoms with Crippen LogP contribution in [0.4, 0.5) is 4.39 Å². The Balaban J connectivity index is 2.04. The molecule has 3 nitrogen and oxygen atoms in total. The fourth-order valence-electron chi connectivity index (χ4n) is 0.798. The van der Waals surface area contributed by atoms with E-state index in [0.717, 1.165) is 18.8 Å². The second kappa shape index (κ2) is 4.85. The minimum absolute atomic E-state index is 0.254. The van der Waals surface area contributed by atoms with Crippen molar-refractivity contribution in [2.24, 2.45) is 0 Å². The van der Waals surface area contributed by atoms with Gasteiger partial charge in [-0.3, -0.25) is 9.49 Å². The number of aromatic nitrogens is 2. The standard InChI is InChI=1S/C7H12FN3/c8-3-1-4-9-6-7-2-5-10-11-7/h2,5,9H,1,3-4,6H2,(H,10,11). The predicted molar refractivity (Wildman–Crippen MR) is 40.9 cm³/mol. The van der Waals surface area contributed by atoms with E-state index in [0.29, 0.717) is 6.42 Å². The second-order valence-electron chi connectivity index (χ2n) is 2.30. The van der Waals surface area contributed by atoms with Crippen molar-refractivity contribution < 1.29 is 4.39 Å². The lowest BCUT2D eigenvalue weighted by Gasteiger charge is -1.98. The van der Waals surface area contributed by atoms with Gasteiger partial charge >= 0.3 is 0 Å². The van der Waals surface area contributed by atoms with Gasteiger partial charge in [0.05, 0.1) is 6.67 Å². The van der Waals surface area contributed by atoms with E-state index in [1.165, 1.54) is 0 Å². The minimum atomic E-state index is -0.254. The number of rotatable bonds is 5. The van der Waals surface area contributed by atoms with Crippen molar-refractivity contribution in [3.05, 3.63) is 18.0 Å². The number of H-pyrrole nitrogens is 1. The Kier molecular flexibility index (Phi) is 3.61. The summed E-state index contributed by atoms with van der Waals surface area (Å²) in [5.74, 6) is 0. The Hall–Kier alpha value is -0.900. The molecule has 0 amide bonds. The van der Waals surface area contributed by atoms with Crippen LogP contribution in [0.1, 0.15) is 12.1 Å². The molecule has 0 aromatic carbocycles. The molecule has 2 N–H and O–H groups in total. The van der Waals surface area contributed by atoms with E-state index in [2.05, 4.69) is 15.5 Å². The van der Waals surface area contributed by atoms with Crippen molar-refractivity contribution in [2.45, 2.75) is 13.0 Å². The maximum Gasteiger partial charge on any atom is 0.0906 e. The highest BCUT2D eigenvalue weighted by Gasteiger charge is 1.91. The molecule has 0 aliphatic rings. The second-order valence-corrected chi connectivity index (χ2v) is 2.30. The van der Waals surface area contributed by atoms with Crippen molar-refractivity contribution >= 4 is 0 Å². The zero-order chi connectivity index (χ0) is 7.94. The summed E-state index contributed by atoms with van der Waals surface area (Å²) in [7, 11) is 0. The average Bonchev–Trinajstić information content (AvgIpc) is 2.50. The molecule has 0 atom stereocenters. The van der Waals surface area contributed by atoms with Crippen molar-refractivity contribution in [2.75, 3.05) is 13.2 Å². The van der Waals surface area contributed by atoms with Gasteiger partial charge in [-0.2, -0.15) is 5.10 Å². The molecule has 0 aliphatic heterocycles. The predicted octanol–water partition coefficient (Wildman–Crippen LogP) is 0.859. The monoisotopic (exact) mass is 157 g/mol. The summed E-state index contributed by atoms with van der Waals surface area (Å²) in [6, 6.07) is 1.89. The number of alkyl halides is 1. The van der Waals surface area contributed by atoms with Gasteiger partial charge in [0.1, 0.15) is 0 Å². The van der Waals surface area contributed by atoms with Crippen LogP contribution in [-0.2, 0) is 6.54 Å². The first-order valence-electron chi connectivity index (χ1n) is 3.68. The van der Waals surface area contributed by atoms with Crippen LogP contribution in [0.15, 0.2) is 12.3 Å². The van der Waals surface area contributed by atoms with E-state index in [4.69, 9.17) is 0 Å². The van der Waals surface area contributed by atoms with Crippen LogP contribution in [-0.4, -0.2) is 23.4 Å². The van der Waals surface area contributed by atoms with Gasteiger partial charge in [0, 0.05) is 18.4 Å².